The molecule has 15 heavy (non-hydrogen) atoms. The van der Waals surface area contributed by atoms with Gasteiger partial charge in [0.2, 0.25) is 5.91 Å². The summed E-state index contributed by atoms with van der Waals surface area (Å²) in [6, 6.07) is 9.78. The second-order valence-electron chi connectivity index (χ2n) is 3.48. The van der Waals surface area contributed by atoms with Gasteiger partial charge in [0.25, 0.3) is 0 Å². The van der Waals surface area contributed by atoms with Crippen LogP contribution in [0, 0.1) is 0 Å². The van der Waals surface area contributed by atoms with Crippen LogP contribution < -0.4 is 0 Å². The number of hydrogen-bond acceptors (Lipinski definition) is 1. The van der Waals surface area contributed by atoms with Crippen molar-refractivity contribution in [1.29, 1.82) is 0 Å². The minimum Gasteiger partial charge on any atom is -0.331 e. The van der Waals surface area contributed by atoms with Crippen LogP contribution in [0.15, 0.2) is 30.3 Å². The molecule has 0 aromatic heterocycles. The van der Waals surface area contributed by atoms with Crippen molar-refractivity contribution in [1.82, 2.24) is 4.90 Å². The van der Waals surface area contributed by atoms with E-state index in [0.29, 0.717) is 12.4 Å². The van der Waals surface area contributed by atoms with E-state index in [4.69, 9.17) is 23.2 Å². The fourth-order valence-corrected chi connectivity index (χ4v) is 2.43. The molecule has 1 heterocycles. The standard InChI is InChI=1S/C11H11Cl2NO/c12-6-7-14-10(9(13)11(14)15)8-4-2-1-3-5-8/h1-5,9-10H,6-7H2/t9-,10-/m1/s1. The highest BCUT2D eigenvalue weighted by molar-refractivity contribution is 6.33. The molecule has 1 aromatic rings. The van der Waals surface area contributed by atoms with E-state index in [2.05, 4.69) is 0 Å². The van der Waals surface area contributed by atoms with Crippen molar-refractivity contribution in [3.8, 4) is 0 Å². The first-order chi connectivity index (χ1) is 7.25. The van der Waals surface area contributed by atoms with E-state index in [9.17, 15) is 4.79 Å². The summed E-state index contributed by atoms with van der Waals surface area (Å²) in [6.45, 7) is 0.559. The van der Waals surface area contributed by atoms with Crippen molar-refractivity contribution >= 4 is 29.1 Å². The molecule has 0 saturated carbocycles. The number of β-lactam (4-membered cyclic amide) rings is 1. The molecule has 80 valence electrons. The number of likely N-dealkylation sites (tertiary alicyclic amines) is 1. The topological polar surface area (TPSA) is 20.3 Å². The molecule has 1 saturated heterocycles. The zero-order valence-corrected chi connectivity index (χ0v) is 9.58. The van der Waals surface area contributed by atoms with Gasteiger partial charge in [-0.2, -0.15) is 0 Å². The lowest BCUT2D eigenvalue weighted by Crippen LogP contribution is -2.56. The van der Waals surface area contributed by atoms with Crippen LogP contribution in [0.3, 0.4) is 0 Å². The van der Waals surface area contributed by atoms with Gasteiger partial charge in [0.05, 0.1) is 6.04 Å². The molecule has 1 aliphatic rings. The highest BCUT2D eigenvalue weighted by Crippen LogP contribution is 2.38. The number of carbonyl (C=O) groups excluding carboxylic acids is 1. The first-order valence-electron chi connectivity index (χ1n) is 4.81. The summed E-state index contributed by atoms with van der Waals surface area (Å²) in [7, 11) is 0. The van der Waals surface area contributed by atoms with Crippen LogP contribution in [0.2, 0.25) is 0 Å². The molecule has 1 amide bonds. The Morgan fingerprint density at radius 2 is 1.93 bits per heavy atom. The minimum atomic E-state index is -0.435. The lowest BCUT2D eigenvalue weighted by molar-refractivity contribution is -0.144. The third-order valence-electron chi connectivity index (χ3n) is 2.60. The summed E-state index contributed by atoms with van der Waals surface area (Å²) in [5.74, 6) is 0.421. The Morgan fingerprint density at radius 1 is 1.27 bits per heavy atom. The second-order valence-corrected chi connectivity index (χ2v) is 4.33. The fraction of sp³-hybridized carbons (Fsp3) is 0.364. The molecular formula is C11H11Cl2NO. The number of halogens is 2. The Hall–Kier alpha value is -0.730. The van der Waals surface area contributed by atoms with Gasteiger partial charge in [0.1, 0.15) is 5.38 Å². The van der Waals surface area contributed by atoms with Crippen LogP contribution >= 0.6 is 23.2 Å². The zero-order valence-electron chi connectivity index (χ0n) is 8.07. The predicted octanol–water partition coefficient (Wildman–Crippen LogP) is 2.42. The Balaban J connectivity index is 2.18. The van der Waals surface area contributed by atoms with Gasteiger partial charge in [-0.05, 0) is 5.56 Å². The van der Waals surface area contributed by atoms with Gasteiger partial charge >= 0.3 is 0 Å². The van der Waals surface area contributed by atoms with Gasteiger partial charge in [0.15, 0.2) is 0 Å². The quantitative estimate of drug-likeness (QED) is 0.590. The number of amides is 1. The highest BCUT2D eigenvalue weighted by atomic mass is 35.5. The van der Waals surface area contributed by atoms with E-state index >= 15 is 0 Å². The first kappa shape index (κ1) is 10.8. The molecular weight excluding hydrogens is 233 g/mol. The van der Waals surface area contributed by atoms with Gasteiger partial charge in [-0.3, -0.25) is 4.79 Å². The minimum absolute atomic E-state index is 0.0147. The van der Waals surface area contributed by atoms with Gasteiger partial charge in [-0.15, -0.1) is 23.2 Å². The van der Waals surface area contributed by atoms with Crippen LogP contribution in [0.25, 0.3) is 0 Å². The monoisotopic (exact) mass is 243 g/mol. The molecule has 0 N–H and O–H groups in total. The van der Waals surface area contributed by atoms with Crippen LogP contribution in [-0.4, -0.2) is 28.6 Å². The van der Waals surface area contributed by atoms with Gasteiger partial charge in [-0.25, -0.2) is 0 Å². The van der Waals surface area contributed by atoms with E-state index in [1.54, 1.807) is 4.90 Å². The third kappa shape index (κ3) is 1.84. The molecule has 1 aromatic carbocycles. The van der Waals surface area contributed by atoms with Crippen molar-refractivity contribution in [3.05, 3.63) is 35.9 Å². The summed E-state index contributed by atoms with van der Waals surface area (Å²) in [5, 5.41) is -0.435. The molecule has 2 rings (SSSR count). The summed E-state index contributed by atoms with van der Waals surface area (Å²) in [4.78, 5) is 13.2. The molecule has 0 radical (unpaired) electrons. The predicted molar refractivity (Wildman–Crippen MR) is 61.3 cm³/mol. The molecule has 0 aliphatic carbocycles. The maximum absolute atomic E-state index is 11.5. The lowest BCUT2D eigenvalue weighted by atomic mass is 9.93. The van der Waals surface area contributed by atoms with Gasteiger partial charge < -0.3 is 4.90 Å². The molecule has 4 heteroatoms. The van der Waals surface area contributed by atoms with Crippen LogP contribution in [0.1, 0.15) is 11.6 Å². The number of nitrogens with zero attached hydrogens (tertiary/aromatic N) is 1. The van der Waals surface area contributed by atoms with E-state index in [-0.39, 0.29) is 11.9 Å². The summed E-state index contributed by atoms with van der Waals surface area (Å²) in [6.07, 6.45) is 0. The third-order valence-corrected chi connectivity index (χ3v) is 3.19. The normalized spacial score (nSPS) is 25.2. The average Bonchev–Trinajstić information content (AvgIpc) is 2.29. The number of hydrogen-bond donors (Lipinski definition) is 0. The van der Waals surface area contributed by atoms with E-state index in [1.165, 1.54) is 0 Å². The molecule has 1 aliphatic heterocycles. The van der Waals surface area contributed by atoms with Crippen molar-refractivity contribution < 1.29 is 4.79 Å². The van der Waals surface area contributed by atoms with Crippen molar-refractivity contribution in [2.75, 3.05) is 12.4 Å². The lowest BCUT2D eigenvalue weighted by Gasteiger charge is -2.44. The maximum atomic E-state index is 11.5. The molecule has 1 fully saturated rings. The molecule has 0 unspecified atom stereocenters. The molecule has 2 atom stereocenters. The Morgan fingerprint density at radius 3 is 2.53 bits per heavy atom. The van der Waals surface area contributed by atoms with Crippen molar-refractivity contribution in [2.24, 2.45) is 0 Å². The SMILES string of the molecule is O=C1[C@H](Cl)[C@@H](c2ccccc2)N1CCCl. The number of rotatable bonds is 3. The Labute approximate surface area is 98.8 Å². The second kappa shape index (κ2) is 4.42. The molecule has 2 nitrogen and oxygen atoms in total. The smallest absolute Gasteiger partial charge is 0.243 e. The van der Waals surface area contributed by atoms with Crippen molar-refractivity contribution in [2.45, 2.75) is 11.4 Å². The van der Waals surface area contributed by atoms with E-state index < -0.39 is 5.38 Å². The van der Waals surface area contributed by atoms with E-state index in [0.717, 1.165) is 5.56 Å². The number of benzene rings is 1. The summed E-state index contributed by atoms with van der Waals surface area (Å²) in [5.41, 5.74) is 1.07. The molecule has 0 bridgehead atoms. The summed E-state index contributed by atoms with van der Waals surface area (Å²) >= 11 is 11.6. The largest absolute Gasteiger partial charge is 0.331 e. The maximum Gasteiger partial charge on any atom is 0.243 e. The Kier molecular flexibility index (Phi) is 3.17. The highest BCUT2D eigenvalue weighted by Gasteiger charge is 2.46. The molecule has 0 spiro atoms. The van der Waals surface area contributed by atoms with Gasteiger partial charge in [-0.1, -0.05) is 30.3 Å². The Bertz CT molecular complexity index is 355. The van der Waals surface area contributed by atoms with Crippen LogP contribution in [-0.2, 0) is 4.79 Å². The van der Waals surface area contributed by atoms with Gasteiger partial charge in [0, 0.05) is 12.4 Å². The fourth-order valence-electron chi connectivity index (χ4n) is 1.85. The number of alkyl halides is 2. The van der Waals surface area contributed by atoms with Crippen molar-refractivity contribution in [3.63, 3.8) is 0 Å². The van der Waals surface area contributed by atoms with Crippen LogP contribution in [0.5, 0.6) is 0 Å². The summed E-state index contributed by atoms with van der Waals surface area (Å²) < 4.78 is 0. The first-order valence-corrected chi connectivity index (χ1v) is 5.78. The average molecular weight is 244 g/mol. The number of carbonyl (C=O) groups is 1. The van der Waals surface area contributed by atoms with Crippen LogP contribution in [0.4, 0.5) is 0 Å². The zero-order chi connectivity index (χ0) is 10.8. The van der Waals surface area contributed by atoms with E-state index in [1.807, 2.05) is 30.3 Å².